The van der Waals surface area contributed by atoms with Crippen LogP contribution in [-0.4, -0.2) is 53.7 Å². The van der Waals surface area contributed by atoms with E-state index in [-0.39, 0.29) is 18.9 Å². The number of carbonyl (C=O) groups is 2. The van der Waals surface area contributed by atoms with Gasteiger partial charge in [-0.15, -0.1) is 0 Å². The second kappa shape index (κ2) is 6.91. The van der Waals surface area contributed by atoms with Crippen LogP contribution in [0.5, 0.6) is 0 Å². The van der Waals surface area contributed by atoms with E-state index in [0.717, 1.165) is 0 Å². The highest BCUT2D eigenvalue weighted by atomic mass is 16.6. The smallest absolute Gasteiger partial charge is 0.407 e. The zero-order valence-electron chi connectivity index (χ0n) is 10.8. The van der Waals surface area contributed by atoms with Crippen molar-refractivity contribution in [1.29, 1.82) is 0 Å². The van der Waals surface area contributed by atoms with Gasteiger partial charge in [0.1, 0.15) is 0 Å². The Morgan fingerprint density at radius 3 is 2.47 bits per heavy atom. The van der Waals surface area contributed by atoms with E-state index in [9.17, 15) is 19.7 Å². The summed E-state index contributed by atoms with van der Waals surface area (Å²) in [4.78, 5) is 33.5. The summed E-state index contributed by atoms with van der Waals surface area (Å²) in [6, 6.07) is 0. The summed E-state index contributed by atoms with van der Waals surface area (Å²) in [6.45, 7) is 0.428. The molecule has 108 valence electrons. The highest BCUT2D eigenvalue weighted by Gasteiger charge is 2.32. The highest BCUT2D eigenvalue weighted by Crippen LogP contribution is 2.28. The van der Waals surface area contributed by atoms with Gasteiger partial charge in [-0.25, -0.2) is 4.79 Å². The predicted octanol–water partition coefficient (Wildman–Crippen LogP) is 0.832. The van der Waals surface area contributed by atoms with Crippen LogP contribution in [0.2, 0.25) is 0 Å². The van der Waals surface area contributed by atoms with Gasteiger partial charge < -0.3 is 14.7 Å². The molecule has 0 aromatic rings. The van der Waals surface area contributed by atoms with Crippen molar-refractivity contribution in [3.8, 4) is 0 Å². The van der Waals surface area contributed by atoms with Gasteiger partial charge >= 0.3 is 12.1 Å². The first-order valence-corrected chi connectivity index (χ1v) is 6.10. The highest BCUT2D eigenvalue weighted by molar-refractivity contribution is 5.69. The van der Waals surface area contributed by atoms with Crippen LogP contribution in [-0.2, 0) is 9.53 Å². The molecule has 1 rings (SSSR count). The van der Waals surface area contributed by atoms with E-state index in [1.54, 1.807) is 0 Å². The van der Waals surface area contributed by atoms with Gasteiger partial charge in [-0.1, -0.05) is 0 Å². The van der Waals surface area contributed by atoms with Crippen LogP contribution in [0.4, 0.5) is 4.79 Å². The number of rotatable bonds is 5. The molecule has 1 fully saturated rings. The van der Waals surface area contributed by atoms with Crippen molar-refractivity contribution in [2.45, 2.75) is 19.3 Å². The molecule has 0 radical (unpaired) electrons. The maximum absolute atomic E-state index is 11.3. The molecule has 0 bridgehead atoms. The quantitative estimate of drug-likeness (QED) is 0.451. The Bertz CT molecular complexity index is 351. The molecule has 1 N–H and O–H groups in total. The van der Waals surface area contributed by atoms with E-state index in [2.05, 4.69) is 4.74 Å². The SMILES string of the molecule is COC(=O)CC(C[N+](=O)[O-])C1CCN(C(=O)O)CC1. The molecule has 1 saturated heterocycles. The minimum absolute atomic E-state index is 0.00914. The molecule has 1 aliphatic heterocycles. The molecule has 1 aliphatic rings. The Morgan fingerprint density at radius 2 is 2.05 bits per heavy atom. The number of carboxylic acid groups (broad SMARTS) is 1. The molecule has 1 heterocycles. The summed E-state index contributed by atoms with van der Waals surface area (Å²) < 4.78 is 4.55. The van der Waals surface area contributed by atoms with Crippen molar-refractivity contribution in [2.24, 2.45) is 11.8 Å². The van der Waals surface area contributed by atoms with Crippen LogP contribution in [0.1, 0.15) is 19.3 Å². The Balaban J connectivity index is 2.58. The Labute approximate surface area is 110 Å². The van der Waals surface area contributed by atoms with Crippen molar-refractivity contribution in [1.82, 2.24) is 4.90 Å². The van der Waals surface area contributed by atoms with Gasteiger partial charge in [0.15, 0.2) is 0 Å². The maximum Gasteiger partial charge on any atom is 0.407 e. The molecule has 8 heteroatoms. The lowest BCUT2D eigenvalue weighted by Gasteiger charge is -2.32. The minimum atomic E-state index is -0.975. The number of nitrogens with zero attached hydrogens (tertiary/aromatic N) is 2. The van der Waals surface area contributed by atoms with E-state index in [0.29, 0.717) is 25.9 Å². The molecular weight excluding hydrogens is 256 g/mol. The predicted molar refractivity (Wildman–Crippen MR) is 64.3 cm³/mol. The van der Waals surface area contributed by atoms with E-state index < -0.39 is 22.9 Å². The molecule has 0 aliphatic carbocycles. The summed E-state index contributed by atoms with van der Waals surface area (Å²) in [6.07, 6.45) is 0.121. The second-order valence-electron chi connectivity index (χ2n) is 4.66. The zero-order chi connectivity index (χ0) is 14.4. The normalized spacial score (nSPS) is 17.8. The summed E-state index contributed by atoms with van der Waals surface area (Å²) in [7, 11) is 1.25. The monoisotopic (exact) mass is 274 g/mol. The molecule has 1 unspecified atom stereocenters. The largest absolute Gasteiger partial charge is 0.469 e. The van der Waals surface area contributed by atoms with Crippen LogP contribution in [0, 0.1) is 22.0 Å². The third-order valence-corrected chi connectivity index (χ3v) is 3.52. The topological polar surface area (TPSA) is 110 Å². The van der Waals surface area contributed by atoms with Crippen LogP contribution in [0.25, 0.3) is 0 Å². The number of likely N-dealkylation sites (tertiary alicyclic amines) is 1. The Morgan fingerprint density at radius 1 is 1.47 bits per heavy atom. The number of nitro groups is 1. The Hall–Kier alpha value is -1.86. The van der Waals surface area contributed by atoms with E-state index >= 15 is 0 Å². The fraction of sp³-hybridized carbons (Fsp3) is 0.818. The summed E-state index contributed by atoms with van der Waals surface area (Å²) in [5.41, 5.74) is 0. The summed E-state index contributed by atoms with van der Waals surface area (Å²) in [5.74, 6) is -0.869. The van der Waals surface area contributed by atoms with Crippen molar-refractivity contribution >= 4 is 12.1 Å². The third kappa shape index (κ3) is 4.72. The maximum atomic E-state index is 11.3. The fourth-order valence-corrected chi connectivity index (χ4v) is 2.43. The zero-order valence-corrected chi connectivity index (χ0v) is 10.8. The lowest BCUT2D eigenvalue weighted by Crippen LogP contribution is -2.40. The summed E-state index contributed by atoms with van der Waals surface area (Å²) in [5, 5.41) is 19.5. The van der Waals surface area contributed by atoms with Gasteiger partial charge in [-0.05, 0) is 18.8 Å². The third-order valence-electron chi connectivity index (χ3n) is 3.52. The van der Waals surface area contributed by atoms with E-state index in [4.69, 9.17) is 5.11 Å². The van der Waals surface area contributed by atoms with Crippen molar-refractivity contribution in [3.05, 3.63) is 10.1 Å². The number of hydrogen-bond donors (Lipinski definition) is 1. The molecule has 1 amide bonds. The molecule has 1 atom stereocenters. The minimum Gasteiger partial charge on any atom is -0.469 e. The van der Waals surface area contributed by atoms with E-state index in [1.807, 2.05) is 0 Å². The second-order valence-corrected chi connectivity index (χ2v) is 4.66. The number of esters is 1. The van der Waals surface area contributed by atoms with Crippen molar-refractivity contribution in [2.75, 3.05) is 26.7 Å². The van der Waals surface area contributed by atoms with Gasteiger partial charge in [-0.3, -0.25) is 14.9 Å². The van der Waals surface area contributed by atoms with Gasteiger partial charge in [0.2, 0.25) is 6.54 Å². The van der Waals surface area contributed by atoms with Crippen molar-refractivity contribution in [3.63, 3.8) is 0 Å². The van der Waals surface area contributed by atoms with Crippen LogP contribution in [0.15, 0.2) is 0 Å². The first kappa shape index (κ1) is 15.2. The first-order chi connectivity index (χ1) is 8.93. The molecule has 0 spiro atoms. The number of carbonyl (C=O) groups excluding carboxylic acids is 1. The summed E-state index contributed by atoms with van der Waals surface area (Å²) >= 11 is 0. The lowest BCUT2D eigenvalue weighted by atomic mass is 9.82. The van der Waals surface area contributed by atoms with E-state index in [1.165, 1.54) is 12.0 Å². The van der Waals surface area contributed by atoms with Crippen LogP contribution >= 0.6 is 0 Å². The van der Waals surface area contributed by atoms with Gasteiger partial charge in [0, 0.05) is 23.9 Å². The molecule has 0 saturated carbocycles. The number of methoxy groups -OCH3 is 1. The number of hydrogen-bond acceptors (Lipinski definition) is 5. The van der Waals surface area contributed by atoms with Gasteiger partial charge in [-0.2, -0.15) is 0 Å². The Kier molecular flexibility index (Phi) is 5.53. The number of amides is 1. The number of piperidine rings is 1. The fourth-order valence-electron chi connectivity index (χ4n) is 2.43. The lowest BCUT2D eigenvalue weighted by molar-refractivity contribution is -0.490. The van der Waals surface area contributed by atoms with Gasteiger partial charge in [0.05, 0.1) is 13.5 Å². The molecule has 0 aromatic heterocycles. The average Bonchev–Trinajstić information content (AvgIpc) is 2.37. The average molecular weight is 274 g/mol. The van der Waals surface area contributed by atoms with Crippen LogP contribution < -0.4 is 0 Å². The number of ether oxygens (including phenoxy) is 1. The first-order valence-electron chi connectivity index (χ1n) is 6.10. The van der Waals surface area contributed by atoms with Crippen LogP contribution in [0.3, 0.4) is 0 Å². The molecule has 0 aromatic carbocycles. The standard InChI is InChI=1S/C11H18N2O6/c1-19-10(14)6-9(7-13(17)18)8-2-4-12(5-3-8)11(15)16/h8-9H,2-7H2,1H3,(H,15,16). The van der Waals surface area contributed by atoms with Gasteiger partial charge in [0.25, 0.3) is 0 Å². The van der Waals surface area contributed by atoms with Crippen molar-refractivity contribution < 1.29 is 24.4 Å². The molecule has 8 nitrogen and oxygen atoms in total. The molecule has 19 heavy (non-hydrogen) atoms. The molecular formula is C11H18N2O6.